The number of rotatable bonds is 4. The smallest absolute Gasteiger partial charge is 0.160 e. The standard InChI is InChI=1S/C7H16NO2.ClH/c1-3-5-6-7-8(9,10)4-2;/h5-6,9-10H,3-4,7H2,1-2H3;1H/q+1;/p-1. The van der Waals surface area contributed by atoms with Crippen LogP contribution in [-0.2, 0) is 0 Å². The van der Waals surface area contributed by atoms with Crippen LogP contribution >= 0.6 is 0 Å². The van der Waals surface area contributed by atoms with Gasteiger partial charge in [0.2, 0.25) is 0 Å². The molecule has 0 spiro atoms. The van der Waals surface area contributed by atoms with E-state index in [9.17, 15) is 0 Å². The van der Waals surface area contributed by atoms with Crippen LogP contribution in [0.25, 0.3) is 0 Å². The summed E-state index contributed by atoms with van der Waals surface area (Å²) >= 11 is 0. The van der Waals surface area contributed by atoms with E-state index in [0.717, 1.165) is 6.42 Å². The first-order valence-corrected chi connectivity index (χ1v) is 3.60. The van der Waals surface area contributed by atoms with Crippen molar-refractivity contribution in [3.8, 4) is 0 Å². The molecule has 0 aliphatic carbocycles. The maximum atomic E-state index is 8.99. The van der Waals surface area contributed by atoms with Crippen LogP contribution in [0.3, 0.4) is 0 Å². The normalized spacial score (nSPS) is 11.6. The Bertz CT molecular complexity index is 115. The number of allylic oxidation sites excluding steroid dienone is 1. The molecule has 4 heteroatoms. The minimum absolute atomic E-state index is 0. The van der Waals surface area contributed by atoms with Crippen LogP contribution in [0.5, 0.6) is 0 Å². The highest BCUT2D eigenvalue weighted by Gasteiger charge is 2.15. The van der Waals surface area contributed by atoms with Gasteiger partial charge in [0, 0.05) is 0 Å². The second kappa shape index (κ2) is 6.61. The van der Waals surface area contributed by atoms with E-state index in [1.807, 2.05) is 13.0 Å². The molecule has 0 saturated heterocycles. The molecule has 11 heavy (non-hydrogen) atoms. The highest BCUT2D eigenvalue weighted by molar-refractivity contribution is 4.78. The molecular formula is C7H16ClNO2. The van der Waals surface area contributed by atoms with E-state index in [1.54, 1.807) is 13.0 Å². The van der Waals surface area contributed by atoms with Crippen LogP contribution < -0.4 is 12.4 Å². The zero-order valence-electron chi connectivity index (χ0n) is 7.00. The molecule has 68 valence electrons. The van der Waals surface area contributed by atoms with Gasteiger partial charge in [0.1, 0.15) is 6.54 Å². The lowest BCUT2D eigenvalue weighted by atomic mass is 10.4. The maximum absolute atomic E-state index is 8.99. The summed E-state index contributed by atoms with van der Waals surface area (Å²) < 4.78 is 0. The molecule has 0 heterocycles. The Morgan fingerprint density at radius 2 is 1.73 bits per heavy atom. The van der Waals surface area contributed by atoms with E-state index in [4.69, 9.17) is 10.4 Å². The van der Waals surface area contributed by atoms with Crippen molar-refractivity contribution in [3.63, 3.8) is 0 Å². The summed E-state index contributed by atoms with van der Waals surface area (Å²) in [5, 5.41) is 18.0. The molecule has 0 radical (unpaired) electrons. The molecule has 0 aromatic heterocycles. The summed E-state index contributed by atoms with van der Waals surface area (Å²) in [5.74, 6) is 0. The van der Waals surface area contributed by atoms with Gasteiger partial charge < -0.3 is 12.4 Å². The summed E-state index contributed by atoms with van der Waals surface area (Å²) in [6.45, 7) is 4.31. The predicted octanol–water partition coefficient (Wildman–Crippen LogP) is -1.43. The first-order valence-electron chi connectivity index (χ1n) is 3.60. The van der Waals surface area contributed by atoms with Gasteiger partial charge in [-0.05, 0) is 24.2 Å². The van der Waals surface area contributed by atoms with E-state index in [0.29, 0.717) is 6.54 Å². The van der Waals surface area contributed by atoms with Gasteiger partial charge in [0.15, 0.2) is 6.54 Å². The lowest BCUT2D eigenvalue weighted by Gasteiger charge is -2.16. The number of hydroxylamine groups is 4. The zero-order chi connectivity index (χ0) is 8.04. The lowest BCUT2D eigenvalue weighted by Crippen LogP contribution is -3.00. The van der Waals surface area contributed by atoms with Gasteiger partial charge in [-0.25, -0.2) is 0 Å². The monoisotopic (exact) mass is 181 g/mol. The molecule has 0 atom stereocenters. The highest BCUT2D eigenvalue weighted by atomic mass is 35.5. The van der Waals surface area contributed by atoms with Crippen LogP contribution in [0, 0.1) is 0 Å². The maximum Gasteiger partial charge on any atom is 0.160 e. The minimum atomic E-state index is -0.906. The summed E-state index contributed by atoms with van der Waals surface area (Å²) in [6.07, 6.45) is 4.61. The molecule has 0 amide bonds. The third kappa shape index (κ3) is 7.81. The van der Waals surface area contributed by atoms with Gasteiger partial charge in [0.05, 0.1) is 0 Å². The van der Waals surface area contributed by atoms with Gasteiger partial charge in [-0.15, -0.1) is 0 Å². The van der Waals surface area contributed by atoms with Crippen molar-refractivity contribution in [3.05, 3.63) is 12.2 Å². The van der Waals surface area contributed by atoms with E-state index in [-0.39, 0.29) is 19.0 Å². The fourth-order valence-corrected chi connectivity index (χ4v) is 0.539. The minimum Gasteiger partial charge on any atom is -1.00 e. The Hall–Kier alpha value is -0.0900. The van der Waals surface area contributed by atoms with Crippen molar-refractivity contribution in [2.24, 2.45) is 0 Å². The Morgan fingerprint density at radius 3 is 2.09 bits per heavy atom. The Labute approximate surface area is 73.9 Å². The van der Waals surface area contributed by atoms with E-state index >= 15 is 0 Å². The lowest BCUT2D eigenvalue weighted by molar-refractivity contribution is -1.24. The van der Waals surface area contributed by atoms with Crippen LogP contribution in [0.1, 0.15) is 20.3 Å². The molecule has 0 aromatic carbocycles. The quantitative estimate of drug-likeness (QED) is 0.317. The third-order valence-electron chi connectivity index (χ3n) is 1.31. The average molecular weight is 182 g/mol. The number of likely N-dealkylation sites (N-methyl/N-ethyl adjacent to an activating group) is 1. The van der Waals surface area contributed by atoms with Crippen molar-refractivity contribution >= 4 is 0 Å². The topological polar surface area (TPSA) is 40.5 Å². The number of halogens is 1. The van der Waals surface area contributed by atoms with Crippen LogP contribution in [-0.4, -0.2) is 28.3 Å². The van der Waals surface area contributed by atoms with Crippen LogP contribution in [0.2, 0.25) is 0 Å². The predicted molar refractivity (Wildman–Crippen MR) is 38.7 cm³/mol. The van der Waals surface area contributed by atoms with Crippen molar-refractivity contribution in [2.45, 2.75) is 20.3 Å². The SMILES string of the molecule is CCC=CC[N+](O)(O)CC.[Cl-]. The summed E-state index contributed by atoms with van der Waals surface area (Å²) in [6, 6.07) is 0. The molecule has 0 rings (SSSR count). The molecule has 3 nitrogen and oxygen atoms in total. The van der Waals surface area contributed by atoms with E-state index < -0.39 is 4.81 Å². The van der Waals surface area contributed by atoms with Gasteiger partial charge in [-0.1, -0.05) is 13.0 Å². The molecule has 0 fully saturated rings. The van der Waals surface area contributed by atoms with E-state index in [1.165, 1.54) is 0 Å². The van der Waals surface area contributed by atoms with Crippen LogP contribution in [0.15, 0.2) is 12.2 Å². The van der Waals surface area contributed by atoms with Gasteiger partial charge in [-0.3, -0.25) is 0 Å². The molecule has 0 saturated carbocycles. The van der Waals surface area contributed by atoms with Gasteiger partial charge in [-0.2, -0.15) is 10.4 Å². The second-order valence-electron chi connectivity index (χ2n) is 2.26. The van der Waals surface area contributed by atoms with Crippen molar-refractivity contribution in [1.82, 2.24) is 0 Å². The first kappa shape index (κ1) is 13.5. The first-order chi connectivity index (χ1) is 4.62. The molecule has 2 N–H and O–H groups in total. The summed E-state index contributed by atoms with van der Waals surface area (Å²) in [4.78, 5) is -0.906. The summed E-state index contributed by atoms with van der Waals surface area (Å²) in [7, 11) is 0. The molecule has 0 aliphatic heterocycles. The number of hydrogen-bond donors (Lipinski definition) is 2. The highest BCUT2D eigenvalue weighted by Crippen LogP contribution is 1.94. The van der Waals surface area contributed by atoms with Crippen molar-refractivity contribution < 1.29 is 27.6 Å². The molecule has 0 bridgehead atoms. The zero-order valence-corrected chi connectivity index (χ0v) is 7.75. The molecular weight excluding hydrogens is 166 g/mol. The average Bonchev–Trinajstić information content (AvgIpc) is 1.89. The number of quaternary nitrogens is 1. The Morgan fingerprint density at radius 1 is 1.18 bits per heavy atom. The number of nitrogens with zero attached hydrogens (tertiary/aromatic N) is 1. The van der Waals surface area contributed by atoms with Crippen molar-refractivity contribution in [2.75, 3.05) is 13.1 Å². The Balaban J connectivity index is 0. The fraction of sp³-hybridized carbons (Fsp3) is 0.714. The third-order valence-corrected chi connectivity index (χ3v) is 1.31. The van der Waals surface area contributed by atoms with Gasteiger partial charge in [0.25, 0.3) is 0 Å². The summed E-state index contributed by atoms with van der Waals surface area (Å²) in [5.41, 5.74) is 0. The van der Waals surface area contributed by atoms with E-state index in [2.05, 4.69) is 0 Å². The Kier molecular flexibility index (Phi) is 8.11. The number of hydrogen-bond acceptors (Lipinski definition) is 2. The van der Waals surface area contributed by atoms with Crippen molar-refractivity contribution in [1.29, 1.82) is 0 Å². The fourth-order valence-electron chi connectivity index (χ4n) is 0.539. The van der Waals surface area contributed by atoms with Crippen LogP contribution in [0.4, 0.5) is 0 Å². The molecule has 0 unspecified atom stereocenters. The molecule has 0 aromatic rings. The largest absolute Gasteiger partial charge is 1.00 e. The van der Waals surface area contributed by atoms with Gasteiger partial charge >= 0.3 is 0 Å². The second-order valence-corrected chi connectivity index (χ2v) is 2.26. The molecule has 0 aliphatic rings.